The maximum absolute atomic E-state index is 11.7. The molecule has 1 aromatic heterocycles. The van der Waals surface area contributed by atoms with Crippen LogP contribution in [-0.4, -0.2) is 22.4 Å². The number of nitrogens with one attached hydrogen (secondary N) is 1. The molecule has 148 valence electrons. The second-order valence-electron chi connectivity index (χ2n) is 7.00. The Hall–Kier alpha value is -1.51. The maximum Gasteiger partial charge on any atom is 0.225 e. The quantitative estimate of drug-likeness (QED) is 0.445. The van der Waals surface area contributed by atoms with Gasteiger partial charge in [-0.2, -0.15) is 0 Å². The minimum atomic E-state index is -0.457. The summed E-state index contributed by atoms with van der Waals surface area (Å²) in [6.07, 6.45) is 0.343. The first-order valence-corrected chi connectivity index (χ1v) is 9.49. The van der Waals surface area contributed by atoms with Gasteiger partial charge in [0.25, 0.3) is 0 Å². The molecule has 0 aliphatic heterocycles. The average Bonchev–Trinajstić information content (AvgIpc) is 2.97. The standard InChI is InChI=1S/C18H22ClN3O3S.BrH/c1-5-14(23)20-17-21-16(18(2,3)4)15(26-17)13(10-22(24)25)11-6-8-12(19)9-7-11;/h6-9,13H,5,10H2,1-4H3,(H,20,21,23);1H. The lowest BCUT2D eigenvalue weighted by Crippen LogP contribution is -2.20. The van der Waals surface area contributed by atoms with Crippen LogP contribution in [0.2, 0.25) is 5.02 Å². The fourth-order valence-corrected chi connectivity index (χ4v) is 3.99. The van der Waals surface area contributed by atoms with Gasteiger partial charge < -0.3 is 5.32 Å². The van der Waals surface area contributed by atoms with Crippen molar-refractivity contribution in [2.75, 3.05) is 11.9 Å². The summed E-state index contributed by atoms with van der Waals surface area (Å²) in [5.74, 6) is -0.593. The van der Waals surface area contributed by atoms with E-state index in [9.17, 15) is 14.9 Å². The molecule has 6 nitrogen and oxygen atoms in total. The Kier molecular flexibility index (Phi) is 8.38. The fraction of sp³-hybridized carbons (Fsp3) is 0.444. The number of benzene rings is 1. The largest absolute Gasteiger partial charge is 0.302 e. The number of carbonyl (C=O) groups is 1. The van der Waals surface area contributed by atoms with Crippen LogP contribution in [0.1, 0.15) is 56.2 Å². The zero-order valence-electron chi connectivity index (χ0n) is 15.6. The summed E-state index contributed by atoms with van der Waals surface area (Å²) in [6, 6.07) is 7.04. The molecule has 0 fully saturated rings. The predicted molar refractivity (Wildman–Crippen MR) is 115 cm³/mol. The van der Waals surface area contributed by atoms with Crippen molar-refractivity contribution >= 4 is 51.0 Å². The average molecular weight is 477 g/mol. The highest BCUT2D eigenvalue weighted by Crippen LogP contribution is 2.40. The van der Waals surface area contributed by atoms with Gasteiger partial charge >= 0.3 is 0 Å². The fourth-order valence-electron chi connectivity index (χ4n) is 2.55. The number of rotatable bonds is 6. The van der Waals surface area contributed by atoms with Gasteiger partial charge in [0.1, 0.15) is 0 Å². The molecule has 0 aliphatic carbocycles. The summed E-state index contributed by atoms with van der Waals surface area (Å²) in [4.78, 5) is 28.1. The van der Waals surface area contributed by atoms with E-state index in [0.29, 0.717) is 16.6 Å². The Morgan fingerprint density at radius 3 is 2.41 bits per heavy atom. The molecular formula is C18H23BrClN3O3S. The molecule has 0 radical (unpaired) electrons. The molecule has 1 atom stereocenters. The van der Waals surface area contributed by atoms with Crippen LogP contribution in [0.5, 0.6) is 0 Å². The molecule has 0 spiro atoms. The Morgan fingerprint density at radius 1 is 1.33 bits per heavy atom. The van der Waals surface area contributed by atoms with Crippen molar-refractivity contribution in [2.24, 2.45) is 0 Å². The maximum atomic E-state index is 11.7. The monoisotopic (exact) mass is 475 g/mol. The van der Waals surface area contributed by atoms with Gasteiger partial charge in [-0.05, 0) is 17.7 Å². The van der Waals surface area contributed by atoms with Gasteiger partial charge in [0, 0.05) is 26.7 Å². The van der Waals surface area contributed by atoms with Crippen molar-refractivity contribution in [3.05, 3.63) is 55.5 Å². The SMILES string of the molecule is Br.CCC(=O)Nc1nc(C(C)(C)C)c(C(C[N+](=O)[O-])c2ccc(Cl)cc2)s1. The zero-order chi connectivity index (χ0) is 19.5. The molecule has 0 aliphatic rings. The Morgan fingerprint density at radius 2 is 1.93 bits per heavy atom. The highest BCUT2D eigenvalue weighted by molar-refractivity contribution is 8.93. The van der Waals surface area contributed by atoms with E-state index in [-0.39, 0.29) is 39.8 Å². The topological polar surface area (TPSA) is 85.1 Å². The number of nitro groups is 1. The Bertz CT molecular complexity index is 803. The van der Waals surface area contributed by atoms with Crippen molar-refractivity contribution in [3.8, 4) is 0 Å². The van der Waals surface area contributed by atoms with Gasteiger partial charge in [0.2, 0.25) is 12.5 Å². The molecule has 1 amide bonds. The van der Waals surface area contributed by atoms with E-state index in [0.717, 1.165) is 16.1 Å². The molecule has 0 saturated heterocycles. The van der Waals surface area contributed by atoms with Crippen LogP contribution >= 0.6 is 39.9 Å². The highest BCUT2D eigenvalue weighted by Gasteiger charge is 2.32. The van der Waals surface area contributed by atoms with Crippen LogP contribution in [-0.2, 0) is 10.2 Å². The smallest absolute Gasteiger partial charge is 0.225 e. The van der Waals surface area contributed by atoms with Gasteiger partial charge in [-0.15, -0.1) is 28.3 Å². The summed E-state index contributed by atoms with van der Waals surface area (Å²) in [5, 5.41) is 15.1. The first kappa shape index (κ1) is 23.5. The normalized spacial score (nSPS) is 12.2. The lowest BCUT2D eigenvalue weighted by molar-refractivity contribution is -0.481. The van der Waals surface area contributed by atoms with Gasteiger partial charge in [0.15, 0.2) is 5.13 Å². The first-order valence-electron chi connectivity index (χ1n) is 8.30. The predicted octanol–water partition coefficient (Wildman–Crippen LogP) is 5.43. The number of nitrogens with zero attached hydrogens (tertiary/aromatic N) is 2. The number of thiazole rings is 1. The summed E-state index contributed by atoms with van der Waals surface area (Å²) in [5.41, 5.74) is 1.24. The molecule has 9 heteroatoms. The van der Waals surface area contributed by atoms with Crippen molar-refractivity contribution < 1.29 is 9.72 Å². The van der Waals surface area contributed by atoms with Gasteiger partial charge in [-0.3, -0.25) is 14.9 Å². The van der Waals surface area contributed by atoms with Crippen LogP contribution < -0.4 is 5.32 Å². The van der Waals surface area contributed by atoms with Crippen molar-refractivity contribution in [1.29, 1.82) is 0 Å². The lowest BCUT2D eigenvalue weighted by atomic mass is 9.86. The van der Waals surface area contributed by atoms with E-state index < -0.39 is 5.92 Å². The van der Waals surface area contributed by atoms with Crippen LogP contribution in [0.4, 0.5) is 5.13 Å². The third-order valence-electron chi connectivity index (χ3n) is 3.85. The number of amides is 1. The molecule has 1 N–H and O–H groups in total. The van der Waals surface area contributed by atoms with Gasteiger partial charge in [-0.1, -0.05) is 51.4 Å². The summed E-state index contributed by atoms with van der Waals surface area (Å²) >= 11 is 7.26. The summed E-state index contributed by atoms with van der Waals surface area (Å²) in [7, 11) is 0. The lowest BCUT2D eigenvalue weighted by Gasteiger charge is -2.21. The number of anilines is 1. The van der Waals surface area contributed by atoms with Crippen molar-refractivity contribution in [3.63, 3.8) is 0 Å². The van der Waals surface area contributed by atoms with Gasteiger partial charge in [0.05, 0.1) is 11.6 Å². The van der Waals surface area contributed by atoms with Crippen LogP contribution in [0.25, 0.3) is 0 Å². The molecule has 2 rings (SSSR count). The zero-order valence-corrected chi connectivity index (χ0v) is 18.9. The second-order valence-corrected chi connectivity index (χ2v) is 8.47. The molecule has 1 aromatic carbocycles. The van der Waals surface area contributed by atoms with Crippen molar-refractivity contribution in [1.82, 2.24) is 4.98 Å². The minimum Gasteiger partial charge on any atom is -0.302 e. The molecule has 27 heavy (non-hydrogen) atoms. The van der Waals surface area contributed by atoms with Crippen LogP contribution in [0, 0.1) is 10.1 Å². The molecule has 0 saturated carbocycles. The molecule has 1 unspecified atom stereocenters. The number of carbonyl (C=O) groups excluding carboxylic acids is 1. The Labute approximate surface area is 178 Å². The molecule has 2 aromatic rings. The first-order chi connectivity index (χ1) is 12.1. The van der Waals surface area contributed by atoms with E-state index >= 15 is 0 Å². The number of hydrogen-bond donors (Lipinski definition) is 1. The number of hydrogen-bond acceptors (Lipinski definition) is 5. The van der Waals surface area contributed by atoms with E-state index in [1.165, 1.54) is 11.3 Å². The molecule has 1 heterocycles. The summed E-state index contributed by atoms with van der Waals surface area (Å²) in [6.45, 7) is 7.51. The van der Waals surface area contributed by atoms with E-state index in [4.69, 9.17) is 11.6 Å². The minimum absolute atomic E-state index is 0. The third kappa shape index (κ3) is 6.26. The third-order valence-corrected chi connectivity index (χ3v) is 5.19. The van der Waals surface area contributed by atoms with E-state index in [1.54, 1.807) is 31.2 Å². The highest BCUT2D eigenvalue weighted by atomic mass is 79.9. The van der Waals surface area contributed by atoms with Crippen molar-refractivity contribution in [2.45, 2.75) is 45.4 Å². The second kappa shape index (κ2) is 9.61. The van der Waals surface area contributed by atoms with Crippen LogP contribution in [0.3, 0.4) is 0 Å². The molecule has 0 bridgehead atoms. The van der Waals surface area contributed by atoms with Gasteiger partial charge in [-0.25, -0.2) is 4.98 Å². The van der Waals surface area contributed by atoms with E-state index in [2.05, 4.69) is 10.3 Å². The van der Waals surface area contributed by atoms with Crippen LogP contribution in [0.15, 0.2) is 24.3 Å². The van der Waals surface area contributed by atoms with E-state index in [1.807, 2.05) is 20.8 Å². The number of halogens is 2. The number of aromatic nitrogens is 1. The summed E-state index contributed by atoms with van der Waals surface area (Å²) < 4.78 is 0. The molecular weight excluding hydrogens is 454 g/mol. The Balaban J connectivity index is 0.00000364.